The first-order valence-corrected chi connectivity index (χ1v) is 8.36. The maximum Gasteiger partial charge on any atom is 0.225 e. The number of pyridine rings is 1. The Balaban J connectivity index is 1.52. The molecular formula is C18H20ClN3O2. The van der Waals surface area contributed by atoms with Gasteiger partial charge in [-0.15, -0.1) is 0 Å². The van der Waals surface area contributed by atoms with Crippen molar-refractivity contribution in [1.29, 1.82) is 0 Å². The van der Waals surface area contributed by atoms with Crippen molar-refractivity contribution in [3.63, 3.8) is 0 Å². The standard InChI is InChI=1S/C18H20ClN3O2/c19-17-6-2-1-4-13(17)9-22-18(23)16-11-21-8-14(16)12-24-15-5-3-7-20-10-15/h1-7,10,14,16,21H,8-9,11-12H2,(H,22,23)/t14-,16+/m0/s1. The lowest BCUT2D eigenvalue weighted by atomic mass is 9.96. The second-order valence-corrected chi connectivity index (χ2v) is 6.24. The number of aromatic nitrogens is 1. The summed E-state index contributed by atoms with van der Waals surface area (Å²) in [4.78, 5) is 16.5. The zero-order valence-corrected chi connectivity index (χ0v) is 14.0. The van der Waals surface area contributed by atoms with E-state index in [-0.39, 0.29) is 17.7 Å². The smallest absolute Gasteiger partial charge is 0.225 e. The van der Waals surface area contributed by atoms with E-state index in [1.807, 2.05) is 36.4 Å². The molecule has 0 saturated carbocycles. The lowest BCUT2D eigenvalue weighted by Gasteiger charge is -2.19. The normalized spacial score (nSPS) is 19.9. The van der Waals surface area contributed by atoms with Crippen LogP contribution in [0.25, 0.3) is 0 Å². The zero-order valence-electron chi connectivity index (χ0n) is 13.2. The highest BCUT2D eigenvalue weighted by Gasteiger charge is 2.33. The maximum atomic E-state index is 12.5. The van der Waals surface area contributed by atoms with E-state index >= 15 is 0 Å². The van der Waals surface area contributed by atoms with Crippen molar-refractivity contribution in [2.24, 2.45) is 11.8 Å². The molecule has 2 heterocycles. The summed E-state index contributed by atoms with van der Waals surface area (Å²) in [6.07, 6.45) is 3.38. The highest BCUT2D eigenvalue weighted by atomic mass is 35.5. The van der Waals surface area contributed by atoms with Gasteiger partial charge in [0.2, 0.25) is 5.91 Å². The molecule has 2 atom stereocenters. The van der Waals surface area contributed by atoms with Gasteiger partial charge in [0, 0.05) is 36.8 Å². The lowest BCUT2D eigenvalue weighted by molar-refractivity contribution is -0.126. The second kappa shape index (κ2) is 8.13. The summed E-state index contributed by atoms with van der Waals surface area (Å²) in [6, 6.07) is 11.2. The van der Waals surface area contributed by atoms with E-state index in [2.05, 4.69) is 15.6 Å². The largest absolute Gasteiger partial charge is 0.492 e. The number of hydrogen-bond acceptors (Lipinski definition) is 4. The molecular weight excluding hydrogens is 326 g/mol. The number of nitrogens with one attached hydrogen (secondary N) is 2. The van der Waals surface area contributed by atoms with Gasteiger partial charge in [-0.3, -0.25) is 9.78 Å². The van der Waals surface area contributed by atoms with Gasteiger partial charge in [-0.05, 0) is 23.8 Å². The van der Waals surface area contributed by atoms with E-state index in [0.29, 0.717) is 24.7 Å². The molecule has 0 unspecified atom stereocenters. The predicted molar refractivity (Wildman–Crippen MR) is 92.9 cm³/mol. The van der Waals surface area contributed by atoms with Gasteiger partial charge in [0.1, 0.15) is 5.75 Å². The van der Waals surface area contributed by atoms with E-state index in [9.17, 15) is 4.79 Å². The summed E-state index contributed by atoms with van der Waals surface area (Å²) in [5.41, 5.74) is 0.918. The van der Waals surface area contributed by atoms with Crippen LogP contribution in [0.1, 0.15) is 5.56 Å². The first-order valence-electron chi connectivity index (χ1n) is 7.98. The van der Waals surface area contributed by atoms with Crippen molar-refractivity contribution in [3.8, 4) is 5.75 Å². The van der Waals surface area contributed by atoms with Crippen LogP contribution in [0.3, 0.4) is 0 Å². The topological polar surface area (TPSA) is 63.2 Å². The molecule has 3 rings (SSSR count). The monoisotopic (exact) mass is 345 g/mol. The Labute approximate surface area is 146 Å². The first kappa shape index (κ1) is 16.7. The Kier molecular flexibility index (Phi) is 5.67. The third-order valence-corrected chi connectivity index (χ3v) is 4.55. The van der Waals surface area contributed by atoms with Crippen LogP contribution >= 0.6 is 11.6 Å². The Morgan fingerprint density at radius 2 is 2.17 bits per heavy atom. The minimum atomic E-state index is -0.107. The third-order valence-electron chi connectivity index (χ3n) is 4.19. The van der Waals surface area contributed by atoms with Gasteiger partial charge in [-0.25, -0.2) is 0 Å². The van der Waals surface area contributed by atoms with Crippen LogP contribution in [0.2, 0.25) is 5.02 Å². The van der Waals surface area contributed by atoms with Crippen LogP contribution in [0.15, 0.2) is 48.8 Å². The molecule has 6 heteroatoms. The number of carbonyl (C=O) groups is 1. The minimum Gasteiger partial charge on any atom is -0.492 e. The van der Waals surface area contributed by atoms with Gasteiger partial charge >= 0.3 is 0 Å². The Bertz CT molecular complexity index is 681. The lowest BCUT2D eigenvalue weighted by Crippen LogP contribution is -2.36. The van der Waals surface area contributed by atoms with E-state index in [1.165, 1.54) is 0 Å². The average molecular weight is 346 g/mol. The molecule has 126 valence electrons. The molecule has 2 N–H and O–H groups in total. The molecule has 1 aliphatic heterocycles. The number of ether oxygens (including phenoxy) is 1. The summed E-state index contributed by atoms with van der Waals surface area (Å²) in [6.45, 7) is 2.36. The van der Waals surface area contributed by atoms with Crippen molar-refractivity contribution in [2.45, 2.75) is 6.54 Å². The highest BCUT2D eigenvalue weighted by Crippen LogP contribution is 2.20. The summed E-state index contributed by atoms with van der Waals surface area (Å²) >= 11 is 6.12. The van der Waals surface area contributed by atoms with Crippen LogP contribution in [0, 0.1) is 11.8 Å². The van der Waals surface area contributed by atoms with Gasteiger partial charge in [0.25, 0.3) is 0 Å². The Morgan fingerprint density at radius 1 is 1.29 bits per heavy atom. The molecule has 0 bridgehead atoms. The molecule has 1 aliphatic rings. The number of rotatable bonds is 6. The summed E-state index contributed by atoms with van der Waals surface area (Å²) in [7, 11) is 0. The predicted octanol–water partition coefficient (Wildman–Crippen LogP) is 2.27. The average Bonchev–Trinajstić information content (AvgIpc) is 3.08. The molecule has 1 aromatic carbocycles. The molecule has 1 amide bonds. The number of nitrogens with zero attached hydrogens (tertiary/aromatic N) is 1. The molecule has 0 radical (unpaired) electrons. The fourth-order valence-corrected chi connectivity index (χ4v) is 3.01. The maximum absolute atomic E-state index is 12.5. The van der Waals surface area contributed by atoms with Crippen LogP contribution in [0.5, 0.6) is 5.75 Å². The second-order valence-electron chi connectivity index (χ2n) is 5.83. The SMILES string of the molecule is O=C(NCc1ccccc1Cl)[C@@H]1CNC[C@H]1COc1cccnc1. The van der Waals surface area contributed by atoms with Gasteiger partial charge in [-0.1, -0.05) is 29.8 Å². The molecule has 2 aromatic rings. The fraction of sp³-hybridized carbons (Fsp3) is 0.333. The number of hydrogen-bond donors (Lipinski definition) is 2. The quantitative estimate of drug-likeness (QED) is 0.843. The highest BCUT2D eigenvalue weighted by molar-refractivity contribution is 6.31. The number of benzene rings is 1. The summed E-state index contributed by atoms with van der Waals surface area (Å²) in [5.74, 6) is 0.778. The minimum absolute atomic E-state index is 0.0275. The van der Waals surface area contributed by atoms with Crippen molar-refractivity contribution in [2.75, 3.05) is 19.7 Å². The number of halogens is 1. The molecule has 24 heavy (non-hydrogen) atoms. The zero-order chi connectivity index (χ0) is 16.8. The number of carbonyl (C=O) groups excluding carboxylic acids is 1. The van der Waals surface area contributed by atoms with Crippen molar-refractivity contribution in [1.82, 2.24) is 15.6 Å². The van der Waals surface area contributed by atoms with E-state index in [0.717, 1.165) is 17.9 Å². The van der Waals surface area contributed by atoms with E-state index in [4.69, 9.17) is 16.3 Å². The molecule has 0 aliphatic carbocycles. The van der Waals surface area contributed by atoms with Gasteiger partial charge in [0.15, 0.2) is 0 Å². The fourth-order valence-electron chi connectivity index (χ4n) is 2.81. The van der Waals surface area contributed by atoms with Crippen molar-refractivity contribution >= 4 is 17.5 Å². The van der Waals surface area contributed by atoms with Crippen LogP contribution in [0.4, 0.5) is 0 Å². The van der Waals surface area contributed by atoms with Crippen LogP contribution in [-0.2, 0) is 11.3 Å². The van der Waals surface area contributed by atoms with E-state index in [1.54, 1.807) is 12.4 Å². The third kappa shape index (κ3) is 4.24. The molecule has 1 saturated heterocycles. The van der Waals surface area contributed by atoms with Gasteiger partial charge < -0.3 is 15.4 Å². The number of amides is 1. The van der Waals surface area contributed by atoms with Crippen LogP contribution in [-0.4, -0.2) is 30.6 Å². The first-order chi connectivity index (χ1) is 11.7. The van der Waals surface area contributed by atoms with Crippen molar-refractivity contribution in [3.05, 3.63) is 59.4 Å². The molecule has 0 spiro atoms. The van der Waals surface area contributed by atoms with Gasteiger partial charge in [-0.2, -0.15) is 0 Å². The molecule has 1 fully saturated rings. The Hall–Kier alpha value is -2.11. The van der Waals surface area contributed by atoms with Gasteiger partial charge in [0.05, 0.1) is 18.7 Å². The molecule has 5 nitrogen and oxygen atoms in total. The van der Waals surface area contributed by atoms with Crippen LogP contribution < -0.4 is 15.4 Å². The Morgan fingerprint density at radius 3 is 2.96 bits per heavy atom. The molecule has 1 aromatic heterocycles. The summed E-state index contributed by atoms with van der Waals surface area (Å²) in [5, 5.41) is 6.91. The summed E-state index contributed by atoms with van der Waals surface area (Å²) < 4.78 is 5.75. The van der Waals surface area contributed by atoms with Crippen molar-refractivity contribution < 1.29 is 9.53 Å². The van der Waals surface area contributed by atoms with E-state index < -0.39 is 0 Å².